The third-order valence-electron chi connectivity index (χ3n) is 2.33. The zero-order valence-corrected chi connectivity index (χ0v) is 9.40. The summed E-state index contributed by atoms with van der Waals surface area (Å²) >= 11 is 0. The average Bonchev–Trinajstić information content (AvgIpc) is 2.30. The molecule has 1 rings (SSSR count). The van der Waals surface area contributed by atoms with Crippen LogP contribution in [0.15, 0.2) is 23.1 Å². The third kappa shape index (κ3) is 3.20. The molecule has 0 aliphatic heterocycles. The number of nitrogens with zero attached hydrogens (tertiary/aromatic N) is 1. The molecule has 0 unspecified atom stereocenters. The first-order valence-electron chi connectivity index (χ1n) is 5.37. The van der Waals surface area contributed by atoms with E-state index in [1.165, 1.54) is 18.3 Å². The molecule has 0 atom stereocenters. The number of nitrogens with one attached hydrogen (secondary N) is 1. The van der Waals surface area contributed by atoms with E-state index in [0.29, 0.717) is 25.2 Å². The predicted molar refractivity (Wildman–Crippen MR) is 62.3 cm³/mol. The summed E-state index contributed by atoms with van der Waals surface area (Å²) in [6.45, 7) is 3.76. The lowest BCUT2D eigenvalue weighted by Gasteiger charge is -2.20. The normalized spacial score (nSPS) is 10.1. The fraction of sp³-hybridized carbons (Fsp3) is 0.455. The van der Waals surface area contributed by atoms with Gasteiger partial charge in [-0.3, -0.25) is 9.59 Å². The van der Waals surface area contributed by atoms with Crippen molar-refractivity contribution < 1.29 is 4.79 Å². The molecule has 0 radical (unpaired) electrons. The molecule has 0 bridgehead atoms. The van der Waals surface area contributed by atoms with Crippen molar-refractivity contribution in [2.45, 2.75) is 13.3 Å². The Labute approximate surface area is 94.3 Å². The molecular formula is C11H17N3O2. The molecule has 0 spiro atoms. The van der Waals surface area contributed by atoms with Crippen LogP contribution in [0.5, 0.6) is 0 Å². The quantitative estimate of drug-likeness (QED) is 0.747. The number of pyridine rings is 1. The molecule has 0 aromatic carbocycles. The number of aromatic amines is 1. The van der Waals surface area contributed by atoms with Crippen LogP contribution in [0.3, 0.4) is 0 Å². The number of aromatic nitrogens is 1. The number of hydrogen-bond donors (Lipinski definition) is 2. The van der Waals surface area contributed by atoms with Gasteiger partial charge in [-0.05, 0) is 26.0 Å². The van der Waals surface area contributed by atoms with Gasteiger partial charge in [-0.2, -0.15) is 0 Å². The molecule has 0 fully saturated rings. The Balaban J connectivity index is 2.74. The Hall–Kier alpha value is -1.62. The Kier molecular flexibility index (Phi) is 4.72. The molecule has 5 heteroatoms. The minimum absolute atomic E-state index is 0.0767. The molecule has 1 aromatic rings. The van der Waals surface area contributed by atoms with Crippen molar-refractivity contribution in [3.05, 3.63) is 34.2 Å². The lowest BCUT2D eigenvalue weighted by Crippen LogP contribution is -2.33. The van der Waals surface area contributed by atoms with E-state index in [4.69, 9.17) is 5.73 Å². The summed E-state index contributed by atoms with van der Waals surface area (Å²) in [7, 11) is 0. The summed E-state index contributed by atoms with van der Waals surface area (Å²) in [6, 6.07) is 2.89. The largest absolute Gasteiger partial charge is 0.339 e. The van der Waals surface area contributed by atoms with E-state index in [9.17, 15) is 9.59 Å². The van der Waals surface area contributed by atoms with E-state index in [-0.39, 0.29) is 11.5 Å². The lowest BCUT2D eigenvalue weighted by atomic mass is 10.2. The summed E-state index contributed by atoms with van der Waals surface area (Å²) in [5.74, 6) is -0.0767. The summed E-state index contributed by atoms with van der Waals surface area (Å²) in [4.78, 5) is 27.0. The number of nitrogens with two attached hydrogens (primary N) is 1. The van der Waals surface area contributed by atoms with Gasteiger partial charge in [0.2, 0.25) is 5.56 Å². The van der Waals surface area contributed by atoms with Crippen molar-refractivity contribution in [1.82, 2.24) is 9.88 Å². The molecule has 5 nitrogen and oxygen atoms in total. The van der Waals surface area contributed by atoms with Crippen LogP contribution in [0, 0.1) is 0 Å². The first-order chi connectivity index (χ1) is 7.69. The van der Waals surface area contributed by atoms with Crippen LogP contribution in [0.1, 0.15) is 23.7 Å². The van der Waals surface area contributed by atoms with Crippen molar-refractivity contribution in [2.24, 2.45) is 5.73 Å². The molecule has 1 heterocycles. The third-order valence-corrected chi connectivity index (χ3v) is 2.33. The number of rotatable bonds is 5. The fourth-order valence-electron chi connectivity index (χ4n) is 1.41. The van der Waals surface area contributed by atoms with Crippen molar-refractivity contribution in [2.75, 3.05) is 19.6 Å². The topological polar surface area (TPSA) is 79.2 Å². The second-order valence-electron chi connectivity index (χ2n) is 3.47. The van der Waals surface area contributed by atoms with Crippen LogP contribution in [0.25, 0.3) is 0 Å². The molecule has 3 N–H and O–H groups in total. The lowest BCUT2D eigenvalue weighted by molar-refractivity contribution is 0.0763. The minimum atomic E-state index is -0.207. The number of carbonyl (C=O) groups excluding carboxylic acids is 1. The van der Waals surface area contributed by atoms with Crippen molar-refractivity contribution in [3.63, 3.8) is 0 Å². The van der Waals surface area contributed by atoms with Crippen LogP contribution in [0.2, 0.25) is 0 Å². The van der Waals surface area contributed by atoms with Gasteiger partial charge in [-0.15, -0.1) is 0 Å². The monoisotopic (exact) mass is 223 g/mol. The molecule has 0 aliphatic carbocycles. The molecule has 1 aromatic heterocycles. The highest BCUT2D eigenvalue weighted by atomic mass is 16.2. The molecule has 1 amide bonds. The van der Waals surface area contributed by atoms with Crippen molar-refractivity contribution in [1.29, 1.82) is 0 Å². The van der Waals surface area contributed by atoms with E-state index >= 15 is 0 Å². The van der Waals surface area contributed by atoms with Gasteiger partial charge in [-0.25, -0.2) is 0 Å². The molecule has 0 saturated heterocycles. The highest BCUT2D eigenvalue weighted by molar-refractivity contribution is 5.93. The smallest absolute Gasteiger partial charge is 0.255 e. The maximum Gasteiger partial charge on any atom is 0.255 e. The highest BCUT2D eigenvalue weighted by Crippen LogP contribution is 2.02. The van der Waals surface area contributed by atoms with Crippen LogP contribution in [-0.4, -0.2) is 35.4 Å². The fourth-order valence-corrected chi connectivity index (χ4v) is 1.41. The highest BCUT2D eigenvalue weighted by Gasteiger charge is 2.13. The molecule has 16 heavy (non-hydrogen) atoms. The van der Waals surface area contributed by atoms with Crippen LogP contribution < -0.4 is 11.3 Å². The Morgan fingerprint density at radius 2 is 2.25 bits per heavy atom. The Morgan fingerprint density at radius 1 is 1.50 bits per heavy atom. The summed E-state index contributed by atoms with van der Waals surface area (Å²) < 4.78 is 0. The first kappa shape index (κ1) is 12.4. The Morgan fingerprint density at radius 3 is 2.75 bits per heavy atom. The average molecular weight is 223 g/mol. The van der Waals surface area contributed by atoms with E-state index in [1.54, 1.807) is 4.90 Å². The number of H-pyrrole nitrogens is 1. The number of amides is 1. The molecule has 0 saturated carbocycles. The van der Waals surface area contributed by atoms with Gasteiger partial charge in [0.05, 0.1) is 5.56 Å². The maximum absolute atomic E-state index is 12.0. The van der Waals surface area contributed by atoms with Gasteiger partial charge in [0.25, 0.3) is 5.91 Å². The van der Waals surface area contributed by atoms with E-state index in [0.717, 1.165) is 6.42 Å². The molecule has 88 valence electrons. The van der Waals surface area contributed by atoms with E-state index < -0.39 is 0 Å². The molecule has 0 aliphatic rings. The number of hydrogen-bond acceptors (Lipinski definition) is 3. The second kappa shape index (κ2) is 6.07. The zero-order valence-electron chi connectivity index (χ0n) is 9.40. The summed E-state index contributed by atoms with van der Waals surface area (Å²) in [5.41, 5.74) is 5.70. The van der Waals surface area contributed by atoms with E-state index in [2.05, 4.69) is 4.98 Å². The summed E-state index contributed by atoms with van der Waals surface area (Å²) in [6.07, 6.45) is 2.22. The summed E-state index contributed by atoms with van der Waals surface area (Å²) in [5, 5.41) is 0. The van der Waals surface area contributed by atoms with Crippen LogP contribution in [0.4, 0.5) is 0 Å². The van der Waals surface area contributed by atoms with Gasteiger partial charge in [0, 0.05) is 25.4 Å². The van der Waals surface area contributed by atoms with Crippen molar-refractivity contribution in [3.8, 4) is 0 Å². The number of carbonyl (C=O) groups is 1. The van der Waals surface area contributed by atoms with E-state index in [1.807, 2.05) is 6.92 Å². The minimum Gasteiger partial charge on any atom is -0.339 e. The van der Waals surface area contributed by atoms with Gasteiger partial charge < -0.3 is 15.6 Å². The first-order valence-corrected chi connectivity index (χ1v) is 5.37. The molecular weight excluding hydrogens is 206 g/mol. The van der Waals surface area contributed by atoms with Gasteiger partial charge >= 0.3 is 0 Å². The van der Waals surface area contributed by atoms with Crippen LogP contribution >= 0.6 is 0 Å². The second-order valence-corrected chi connectivity index (χ2v) is 3.47. The van der Waals surface area contributed by atoms with Gasteiger partial charge in [0.15, 0.2) is 0 Å². The Bertz CT molecular complexity index is 380. The standard InChI is InChI=1S/C11H17N3O2/c1-2-14(7-3-6-12)11(16)9-4-5-10(15)13-8-9/h4-5,8H,2-3,6-7,12H2,1H3,(H,13,15). The zero-order chi connectivity index (χ0) is 12.0. The SMILES string of the molecule is CCN(CCCN)C(=O)c1ccc(=O)[nH]c1. The maximum atomic E-state index is 12.0. The van der Waals surface area contributed by atoms with Crippen molar-refractivity contribution >= 4 is 5.91 Å². The van der Waals surface area contributed by atoms with Crippen LogP contribution in [-0.2, 0) is 0 Å². The van der Waals surface area contributed by atoms with Gasteiger partial charge in [-0.1, -0.05) is 0 Å². The van der Waals surface area contributed by atoms with Gasteiger partial charge in [0.1, 0.15) is 0 Å². The predicted octanol–water partition coefficient (Wildman–Crippen LogP) is 0.186.